The van der Waals surface area contributed by atoms with E-state index in [0.717, 1.165) is 5.56 Å². The molecule has 1 aliphatic rings. The van der Waals surface area contributed by atoms with Gasteiger partial charge in [0.15, 0.2) is 4.80 Å². The van der Waals surface area contributed by atoms with Crippen molar-refractivity contribution in [1.82, 2.24) is 4.57 Å². The van der Waals surface area contributed by atoms with Crippen molar-refractivity contribution in [3.05, 3.63) is 114 Å². The normalized spacial score (nSPS) is 15.3. The van der Waals surface area contributed by atoms with Gasteiger partial charge in [-0.1, -0.05) is 59.9 Å². The highest BCUT2D eigenvalue weighted by molar-refractivity contribution is 7.07. The molecule has 2 aromatic carbocycles. The van der Waals surface area contributed by atoms with Crippen LogP contribution in [0.4, 0.5) is 0 Å². The van der Waals surface area contributed by atoms with E-state index >= 15 is 0 Å². The third-order valence-electron chi connectivity index (χ3n) is 5.37. The fraction of sp³-hybridized carbons (Fsp3) is 0.154. The lowest BCUT2D eigenvalue weighted by atomic mass is 9.95. The van der Waals surface area contributed by atoms with Gasteiger partial charge in [-0.3, -0.25) is 9.36 Å². The first-order valence-corrected chi connectivity index (χ1v) is 11.8. The SMILES string of the molecule is C=CCOC(=O)C1=C(C)N=c2sc(=Cc3cccc(Cl)c3)c(=O)n2C1c1ccc(C(=O)OC)cc1. The van der Waals surface area contributed by atoms with E-state index in [0.29, 0.717) is 31.2 Å². The molecule has 0 radical (unpaired) electrons. The van der Waals surface area contributed by atoms with Gasteiger partial charge >= 0.3 is 11.9 Å². The Kier molecular flexibility index (Phi) is 7.14. The zero-order valence-electron chi connectivity index (χ0n) is 19.0. The minimum atomic E-state index is -0.795. The molecule has 0 saturated carbocycles. The quantitative estimate of drug-likeness (QED) is 0.376. The molecule has 178 valence electrons. The van der Waals surface area contributed by atoms with Gasteiger partial charge in [0.25, 0.3) is 5.56 Å². The smallest absolute Gasteiger partial charge is 0.338 e. The Balaban J connectivity index is 1.91. The van der Waals surface area contributed by atoms with Crippen LogP contribution >= 0.6 is 22.9 Å². The standard InChI is InChI=1S/C26H21ClN2O5S/c1-4-12-34-25(32)21-15(2)28-26-29(22(21)17-8-10-18(11-9-17)24(31)33-3)23(30)20(35-26)14-16-6-5-7-19(27)13-16/h4-11,13-14,22H,1,12H2,2-3H3. The molecule has 0 fully saturated rings. The number of benzene rings is 2. The molecule has 4 rings (SSSR count). The molecule has 0 aliphatic carbocycles. The third kappa shape index (κ3) is 4.89. The number of thiazole rings is 1. The lowest BCUT2D eigenvalue weighted by molar-refractivity contribution is -0.138. The van der Waals surface area contributed by atoms with Crippen molar-refractivity contribution < 1.29 is 19.1 Å². The van der Waals surface area contributed by atoms with Crippen LogP contribution in [0, 0.1) is 0 Å². The van der Waals surface area contributed by atoms with Gasteiger partial charge in [-0.15, -0.1) is 0 Å². The molecule has 3 aromatic rings. The first-order chi connectivity index (χ1) is 16.8. The lowest BCUT2D eigenvalue weighted by Gasteiger charge is -2.24. The van der Waals surface area contributed by atoms with Crippen LogP contribution in [-0.4, -0.2) is 30.2 Å². The largest absolute Gasteiger partial charge is 0.465 e. The van der Waals surface area contributed by atoms with Crippen LogP contribution in [0.5, 0.6) is 0 Å². The number of methoxy groups -OCH3 is 1. The number of rotatable bonds is 6. The highest BCUT2D eigenvalue weighted by atomic mass is 35.5. The van der Waals surface area contributed by atoms with Crippen molar-refractivity contribution in [2.75, 3.05) is 13.7 Å². The zero-order chi connectivity index (χ0) is 25.1. The predicted octanol–water partition coefficient (Wildman–Crippen LogP) is 3.40. The van der Waals surface area contributed by atoms with Gasteiger partial charge in [-0.2, -0.15) is 0 Å². The number of carbonyl (C=O) groups is 2. The molecule has 0 amide bonds. The van der Waals surface area contributed by atoms with Crippen molar-refractivity contribution in [1.29, 1.82) is 0 Å². The van der Waals surface area contributed by atoms with Gasteiger partial charge < -0.3 is 9.47 Å². The number of esters is 2. The number of hydrogen-bond acceptors (Lipinski definition) is 7. The van der Waals surface area contributed by atoms with Crippen LogP contribution in [0.15, 0.2) is 82.2 Å². The van der Waals surface area contributed by atoms with Gasteiger partial charge in [0.05, 0.1) is 34.5 Å². The van der Waals surface area contributed by atoms with Crippen molar-refractivity contribution in [3.8, 4) is 0 Å². The minimum absolute atomic E-state index is 0.0167. The molecule has 0 spiro atoms. The number of hydrogen-bond donors (Lipinski definition) is 0. The Morgan fingerprint density at radius 3 is 2.60 bits per heavy atom. The second-order valence-electron chi connectivity index (χ2n) is 7.64. The van der Waals surface area contributed by atoms with Crippen molar-refractivity contribution >= 4 is 41.0 Å². The van der Waals surface area contributed by atoms with Crippen LogP contribution < -0.4 is 14.9 Å². The summed E-state index contributed by atoms with van der Waals surface area (Å²) in [7, 11) is 1.30. The molecule has 1 aliphatic heterocycles. The maximum Gasteiger partial charge on any atom is 0.338 e. The monoisotopic (exact) mass is 508 g/mol. The number of allylic oxidation sites excluding steroid dienone is 1. The summed E-state index contributed by atoms with van der Waals surface area (Å²) in [6.45, 7) is 5.30. The summed E-state index contributed by atoms with van der Waals surface area (Å²) >= 11 is 7.32. The topological polar surface area (TPSA) is 87.0 Å². The molecule has 0 bridgehead atoms. The Labute approximate surface area is 209 Å². The van der Waals surface area contributed by atoms with Crippen LogP contribution in [0.2, 0.25) is 5.02 Å². The molecule has 0 N–H and O–H groups in total. The second-order valence-corrected chi connectivity index (χ2v) is 9.08. The highest BCUT2D eigenvalue weighted by Gasteiger charge is 2.33. The first-order valence-electron chi connectivity index (χ1n) is 10.6. The minimum Gasteiger partial charge on any atom is -0.465 e. The van der Waals surface area contributed by atoms with Gasteiger partial charge in [0.1, 0.15) is 6.61 Å². The average molecular weight is 509 g/mol. The molecular formula is C26H21ClN2O5S. The number of ether oxygens (including phenoxy) is 2. The summed E-state index contributed by atoms with van der Waals surface area (Å²) in [5.41, 5.74) is 2.10. The number of nitrogens with zero attached hydrogens (tertiary/aromatic N) is 2. The maximum atomic E-state index is 13.6. The van der Waals surface area contributed by atoms with Gasteiger partial charge in [-0.25, -0.2) is 14.6 Å². The fourth-order valence-electron chi connectivity index (χ4n) is 3.78. The molecule has 7 nitrogen and oxygen atoms in total. The average Bonchev–Trinajstić information content (AvgIpc) is 3.15. The Morgan fingerprint density at radius 2 is 1.94 bits per heavy atom. The summed E-state index contributed by atoms with van der Waals surface area (Å²) in [4.78, 5) is 43.5. The summed E-state index contributed by atoms with van der Waals surface area (Å²) in [5.74, 6) is -1.09. The molecule has 1 atom stereocenters. The van der Waals surface area contributed by atoms with Crippen LogP contribution in [-0.2, 0) is 14.3 Å². The highest BCUT2D eigenvalue weighted by Crippen LogP contribution is 2.31. The summed E-state index contributed by atoms with van der Waals surface area (Å²) < 4.78 is 12.0. The van der Waals surface area contributed by atoms with Crippen LogP contribution in [0.1, 0.15) is 34.5 Å². The first kappa shape index (κ1) is 24.4. The molecule has 1 unspecified atom stereocenters. The van der Waals surface area contributed by atoms with E-state index in [1.54, 1.807) is 55.5 Å². The van der Waals surface area contributed by atoms with Crippen LogP contribution in [0.3, 0.4) is 0 Å². The summed E-state index contributed by atoms with van der Waals surface area (Å²) in [6, 6.07) is 12.9. The summed E-state index contributed by atoms with van der Waals surface area (Å²) in [6.07, 6.45) is 3.20. The van der Waals surface area contributed by atoms with Gasteiger partial charge in [0.2, 0.25) is 0 Å². The number of halogens is 1. The van der Waals surface area contributed by atoms with Gasteiger partial charge in [0, 0.05) is 5.02 Å². The fourth-order valence-corrected chi connectivity index (χ4v) is 5.02. The van der Waals surface area contributed by atoms with E-state index in [9.17, 15) is 14.4 Å². The van der Waals surface area contributed by atoms with Crippen molar-refractivity contribution in [3.63, 3.8) is 0 Å². The van der Waals surface area contributed by atoms with E-state index in [1.807, 2.05) is 6.07 Å². The summed E-state index contributed by atoms with van der Waals surface area (Å²) in [5, 5.41) is 0.554. The number of carbonyl (C=O) groups excluding carboxylic acids is 2. The predicted molar refractivity (Wildman–Crippen MR) is 134 cm³/mol. The molecule has 0 saturated heterocycles. The Bertz CT molecular complexity index is 1530. The van der Waals surface area contributed by atoms with E-state index in [2.05, 4.69) is 11.6 Å². The molecular weight excluding hydrogens is 488 g/mol. The van der Waals surface area contributed by atoms with E-state index < -0.39 is 18.0 Å². The number of aromatic nitrogens is 1. The van der Waals surface area contributed by atoms with E-state index in [-0.39, 0.29) is 17.7 Å². The van der Waals surface area contributed by atoms with Crippen molar-refractivity contribution in [2.45, 2.75) is 13.0 Å². The number of fused-ring (bicyclic) bond motifs is 1. The Hall–Kier alpha value is -3.75. The van der Waals surface area contributed by atoms with E-state index in [4.69, 9.17) is 21.1 Å². The molecule has 35 heavy (non-hydrogen) atoms. The maximum absolute atomic E-state index is 13.6. The lowest BCUT2D eigenvalue weighted by Crippen LogP contribution is -2.40. The molecule has 1 aromatic heterocycles. The van der Waals surface area contributed by atoms with Gasteiger partial charge in [-0.05, 0) is 48.4 Å². The Morgan fingerprint density at radius 1 is 1.20 bits per heavy atom. The van der Waals surface area contributed by atoms with E-state index in [1.165, 1.54) is 29.1 Å². The zero-order valence-corrected chi connectivity index (χ0v) is 20.6. The molecule has 2 heterocycles. The third-order valence-corrected chi connectivity index (χ3v) is 6.59. The second kappa shape index (κ2) is 10.2. The van der Waals surface area contributed by atoms with Crippen LogP contribution in [0.25, 0.3) is 6.08 Å². The van der Waals surface area contributed by atoms with Crippen molar-refractivity contribution in [2.24, 2.45) is 4.99 Å². The molecule has 9 heteroatoms.